The Bertz CT molecular complexity index is 1730. The van der Waals surface area contributed by atoms with Crippen molar-refractivity contribution in [2.75, 3.05) is 38.8 Å². The van der Waals surface area contributed by atoms with Crippen LogP contribution in [0.15, 0.2) is 48.8 Å². The van der Waals surface area contributed by atoms with Crippen LogP contribution in [0.25, 0.3) is 21.9 Å². The number of anilines is 1. The molecule has 5 unspecified atom stereocenters. The molecule has 2 aliphatic rings. The Morgan fingerprint density at radius 1 is 0.979 bits per heavy atom. The summed E-state index contributed by atoms with van der Waals surface area (Å²) in [6, 6.07) is 12.0. The van der Waals surface area contributed by atoms with Gasteiger partial charge < -0.3 is 29.2 Å². The molecule has 2 aromatic carbocycles. The van der Waals surface area contributed by atoms with E-state index in [2.05, 4.69) is 20.0 Å². The Kier molecular flexibility index (Phi) is 10.5. The van der Waals surface area contributed by atoms with E-state index in [1.54, 1.807) is 25.4 Å². The topological polar surface area (TPSA) is 171 Å². The molecular weight excluding hydrogens is 627 g/mol. The number of hydrogen-bond donors (Lipinski definition) is 2. The number of esters is 1. The van der Waals surface area contributed by atoms with E-state index in [0.29, 0.717) is 55.5 Å². The van der Waals surface area contributed by atoms with E-state index < -0.39 is 32.1 Å². The van der Waals surface area contributed by atoms with Gasteiger partial charge in [-0.3, -0.25) is 13.9 Å². The third-order valence-corrected chi connectivity index (χ3v) is 9.72. The van der Waals surface area contributed by atoms with E-state index in [1.807, 2.05) is 41.8 Å². The highest BCUT2D eigenvalue weighted by Crippen LogP contribution is 2.48. The van der Waals surface area contributed by atoms with Crippen LogP contribution < -0.4 is 20.1 Å². The molecule has 3 N–H and O–H groups in total. The number of rotatable bonds is 2. The number of hydrogen-bond acceptors (Lipinski definition) is 12. The average molecular weight is 669 g/mol. The second kappa shape index (κ2) is 15.0. The Balaban J connectivity index is 1.25. The first-order chi connectivity index (χ1) is 22.8. The maximum Gasteiger partial charge on any atom is 0.459 e. The van der Waals surface area contributed by atoms with Crippen molar-refractivity contribution in [2.24, 2.45) is 5.92 Å². The predicted molar refractivity (Wildman–Crippen MR) is 174 cm³/mol. The van der Waals surface area contributed by atoms with Crippen LogP contribution >= 0.6 is 7.75 Å². The number of benzene rings is 2. The summed E-state index contributed by atoms with van der Waals surface area (Å²) in [6.07, 6.45) is 4.39. The van der Waals surface area contributed by atoms with Gasteiger partial charge in [-0.15, -0.1) is 0 Å². The maximum absolute atomic E-state index is 14.4. The predicted octanol–water partition coefficient (Wildman–Crippen LogP) is 5.18. The SMILES string of the molecule is CC1NP(=O)(Oc2cccc3ccccc23)OCC2CC(C)C(O2)n2cnc3c(nc(N)nc32)OCCCCCOCCCOC1=O. The second-order valence-electron chi connectivity index (χ2n) is 11.8. The van der Waals surface area contributed by atoms with Crippen molar-refractivity contribution >= 4 is 41.6 Å². The van der Waals surface area contributed by atoms with Gasteiger partial charge in [-0.2, -0.15) is 15.1 Å². The van der Waals surface area contributed by atoms with Gasteiger partial charge in [0.25, 0.3) is 0 Å². The first-order valence-electron chi connectivity index (χ1n) is 16.0. The van der Waals surface area contributed by atoms with E-state index in [9.17, 15) is 9.36 Å². The highest BCUT2D eigenvalue weighted by molar-refractivity contribution is 7.52. The molecule has 0 saturated carbocycles. The molecule has 4 heterocycles. The maximum atomic E-state index is 14.4. The van der Waals surface area contributed by atoms with Crippen LogP contribution in [0.1, 0.15) is 52.2 Å². The third-order valence-electron chi connectivity index (χ3n) is 8.09. The molecule has 4 aromatic rings. The molecule has 15 heteroatoms. The quantitative estimate of drug-likeness (QED) is 0.212. The zero-order chi connectivity index (χ0) is 32.8. The molecule has 1 fully saturated rings. The van der Waals surface area contributed by atoms with Crippen LogP contribution in [-0.2, 0) is 28.1 Å². The first-order valence-corrected chi connectivity index (χ1v) is 17.6. The molecule has 5 atom stereocenters. The number of nitrogens with one attached hydrogen (secondary N) is 1. The number of nitrogens with two attached hydrogens (primary N) is 1. The van der Waals surface area contributed by atoms with Crippen molar-refractivity contribution in [3.63, 3.8) is 0 Å². The summed E-state index contributed by atoms with van der Waals surface area (Å²) in [5, 5.41) is 4.44. The van der Waals surface area contributed by atoms with Crippen LogP contribution in [0.3, 0.4) is 0 Å². The number of imidazole rings is 1. The van der Waals surface area contributed by atoms with E-state index in [1.165, 1.54) is 0 Å². The fraction of sp³-hybridized carbons (Fsp3) is 0.500. The van der Waals surface area contributed by atoms with Crippen LogP contribution in [-0.4, -0.2) is 70.7 Å². The summed E-state index contributed by atoms with van der Waals surface area (Å²) in [6.45, 7) is 5.15. The molecule has 47 heavy (non-hydrogen) atoms. The third kappa shape index (κ3) is 8.02. The molecule has 1 saturated heterocycles. The Morgan fingerprint density at radius 3 is 2.66 bits per heavy atom. The van der Waals surface area contributed by atoms with Crippen LogP contribution in [0, 0.1) is 5.92 Å². The van der Waals surface area contributed by atoms with Gasteiger partial charge in [-0.05, 0) is 44.1 Å². The molecule has 0 amide bonds. The number of fused-ring (bicyclic) bond motifs is 4. The molecule has 0 radical (unpaired) electrons. The van der Waals surface area contributed by atoms with Crippen molar-refractivity contribution in [2.45, 2.75) is 64.3 Å². The largest absolute Gasteiger partial charge is 0.476 e. The summed E-state index contributed by atoms with van der Waals surface area (Å²) in [7, 11) is -4.14. The van der Waals surface area contributed by atoms with E-state index in [-0.39, 0.29) is 25.1 Å². The van der Waals surface area contributed by atoms with Gasteiger partial charge in [0.15, 0.2) is 11.2 Å². The van der Waals surface area contributed by atoms with Crippen molar-refractivity contribution in [1.82, 2.24) is 24.6 Å². The highest BCUT2D eigenvalue weighted by atomic mass is 31.2. The fourth-order valence-electron chi connectivity index (χ4n) is 5.74. The lowest BCUT2D eigenvalue weighted by atomic mass is 10.1. The zero-order valence-electron chi connectivity index (χ0n) is 26.6. The smallest absolute Gasteiger partial charge is 0.459 e. The molecule has 14 nitrogen and oxygen atoms in total. The lowest BCUT2D eigenvalue weighted by molar-refractivity contribution is -0.145. The average Bonchev–Trinajstić information content (AvgIpc) is 3.64. The van der Waals surface area contributed by atoms with E-state index in [4.69, 9.17) is 33.7 Å². The van der Waals surface area contributed by atoms with Gasteiger partial charge in [0.05, 0.1) is 32.3 Å². The summed E-state index contributed by atoms with van der Waals surface area (Å²) < 4.78 is 51.8. The number of nitrogens with zero attached hydrogens (tertiary/aromatic N) is 4. The molecule has 6 rings (SSSR count). The number of carbonyl (C=O) groups is 1. The number of carbonyl (C=O) groups excluding carboxylic acids is 1. The first kappa shape index (κ1) is 33.1. The Hall–Kier alpha value is -3.81. The van der Waals surface area contributed by atoms with Crippen LogP contribution in [0.2, 0.25) is 0 Å². The van der Waals surface area contributed by atoms with Gasteiger partial charge in [-0.1, -0.05) is 43.3 Å². The van der Waals surface area contributed by atoms with Gasteiger partial charge >= 0.3 is 13.7 Å². The fourth-order valence-corrected chi connectivity index (χ4v) is 7.28. The zero-order valence-corrected chi connectivity index (χ0v) is 27.5. The molecular formula is C32H41N6O8P. The van der Waals surface area contributed by atoms with Crippen molar-refractivity contribution in [1.29, 1.82) is 0 Å². The monoisotopic (exact) mass is 668 g/mol. The molecule has 2 aliphatic heterocycles. The van der Waals surface area contributed by atoms with E-state index >= 15 is 0 Å². The second-order valence-corrected chi connectivity index (χ2v) is 13.5. The van der Waals surface area contributed by atoms with Crippen molar-refractivity contribution in [3.8, 4) is 11.6 Å². The van der Waals surface area contributed by atoms with Gasteiger partial charge in [0.1, 0.15) is 18.0 Å². The van der Waals surface area contributed by atoms with Gasteiger partial charge in [0.2, 0.25) is 11.8 Å². The Labute approximate surface area is 272 Å². The Morgan fingerprint density at radius 2 is 1.77 bits per heavy atom. The molecule has 6 bridgehead atoms. The van der Waals surface area contributed by atoms with Crippen LogP contribution in [0.4, 0.5) is 5.95 Å². The summed E-state index contributed by atoms with van der Waals surface area (Å²) in [5.41, 5.74) is 7.05. The lowest BCUT2D eigenvalue weighted by Crippen LogP contribution is -2.36. The number of ether oxygens (including phenoxy) is 4. The molecule has 0 spiro atoms. The minimum Gasteiger partial charge on any atom is -0.476 e. The van der Waals surface area contributed by atoms with E-state index in [0.717, 1.165) is 30.0 Å². The number of aromatic nitrogens is 4. The summed E-state index contributed by atoms with van der Waals surface area (Å²) >= 11 is 0. The summed E-state index contributed by atoms with van der Waals surface area (Å²) in [4.78, 5) is 26.1. The minimum atomic E-state index is -4.14. The normalized spacial score (nSPS) is 27.2. The molecule has 0 aliphatic carbocycles. The van der Waals surface area contributed by atoms with Crippen molar-refractivity contribution < 1.29 is 37.4 Å². The number of cyclic esters (lactones) is 1. The minimum absolute atomic E-state index is 0.0125. The molecule has 252 valence electrons. The van der Waals surface area contributed by atoms with Gasteiger partial charge in [0, 0.05) is 30.9 Å². The number of nitrogen functional groups attached to an aromatic ring is 1. The van der Waals surface area contributed by atoms with Gasteiger partial charge in [-0.25, -0.2) is 9.55 Å². The standard InChI is InChI=1S/C32H41N6O8P/c1-21-18-24-19-44-47(40,46-26-13-8-11-23-10-4-5-12-25(23)26)37-22(2)31(39)43-17-9-15-41-14-6-3-7-16-42-29-27-28(35-32(33)36-29)38(20-34-27)30(21)45-24/h4-5,8,10-13,20-22,24,30H,3,6-7,9,14-19H2,1-2H3,(H,37,40)(H2,33,35,36). The lowest BCUT2D eigenvalue weighted by Gasteiger charge is -2.24. The highest BCUT2D eigenvalue weighted by Gasteiger charge is 2.39. The van der Waals surface area contributed by atoms with Crippen LogP contribution in [0.5, 0.6) is 11.6 Å². The van der Waals surface area contributed by atoms with Crippen molar-refractivity contribution in [3.05, 3.63) is 48.8 Å². The summed E-state index contributed by atoms with van der Waals surface area (Å²) in [5.74, 6) is 0.175. The molecule has 2 aromatic heterocycles.